The van der Waals surface area contributed by atoms with Crippen molar-refractivity contribution in [3.63, 3.8) is 0 Å². The second kappa shape index (κ2) is 7.87. The Bertz CT molecular complexity index is 679. The molecule has 27 heavy (non-hydrogen) atoms. The summed E-state index contributed by atoms with van der Waals surface area (Å²) < 4.78 is 77.4. The highest BCUT2D eigenvalue weighted by atomic mass is 35.5. The minimum Gasteiger partial charge on any atom is -0.352 e. The van der Waals surface area contributed by atoms with E-state index in [4.69, 9.17) is 0 Å². The van der Waals surface area contributed by atoms with Gasteiger partial charge in [-0.05, 0) is 55.5 Å². The van der Waals surface area contributed by atoms with Crippen LogP contribution < -0.4 is 10.6 Å². The third kappa shape index (κ3) is 4.87. The molecular weight excluding hydrogens is 398 g/mol. The van der Waals surface area contributed by atoms with E-state index in [1.165, 1.54) is 0 Å². The Morgan fingerprint density at radius 3 is 2.15 bits per heavy atom. The standard InChI is InChI=1S/C17H18F6N2O.ClH/c18-16(19,20)13-2-1-9(14(5-13)17(21,22)23)8-25-15(26)10-3-11-6-24-7-12(11)4-10;/h1-2,5,10-12,24H,3-4,6-8H2,(H,25,26);1H/t10?,11-,12+;. The van der Waals surface area contributed by atoms with Crippen LogP contribution in [0.15, 0.2) is 18.2 Å². The molecule has 0 aromatic heterocycles. The fourth-order valence-corrected chi connectivity index (χ4v) is 3.88. The molecule has 1 saturated carbocycles. The van der Waals surface area contributed by atoms with E-state index < -0.39 is 30.0 Å². The van der Waals surface area contributed by atoms with Gasteiger partial charge in [0, 0.05) is 12.5 Å². The van der Waals surface area contributed by atoms with Crippen molar-refractivity contribution >= 4 is 18.3 Å². The molecule has 3 rings (SSSR count). The molecule has 1 saturated heterocycles. The molecule has 3 nitrogen and oxygen atoms in total. The van der Waals surface area contributed by atoms with Crippen molar-refractivity contribution < 1.29 is 31.1 Å². The van der Waals surface area contributed by atoms with Crippen LogP contribution in [0.5, 0.6) is 0 Å². The van der Waals surface area contributed by atoms with Gasteiger partial charge in [0.1, 0.15) is 0 Å². The summed E-state index contributed by atoms with van der Waals surface area (Å²) >= 11 is 0. The fraction of sp³-hybridized carbons (Fsp3) is 0.588. The summed E-state index contributed by atoms with van der Waals surface area (Å²) in [5, 5.41) is 5.69. The van der Waals surface area contributed by atoms with Gasteiger partial charge >= 0.3 is 12.4 Å². The van der Waals surface area contributed by atoms with Gasteiger partial charge in [0.05, 0.1) is 11.1 Å². The molecular formula is C17H19ClF6N2O. The highest BCUT2D eigenvalue weighted by Crippen LogP contribution is 2.39. The maximum absolute atomic E-state index is 13.1. The summed E-state index contributed by atoms with van der Waals surface area (Å²) in [6, 6.07) is 1.47. The number of nitrogens with one attached hydrogen (secondary N) is 2. The Morgan fingerprint density at radius 2 is 1.63 bits per heavy atom. The molecule has 1 aliphatic carbocycles. The zero-order valence-corrected chi connectivity index (χ0v) is 14.9. The van der Waals surface area contributed by atoms with E-state index in [9.17, 15) is 31.1 Å². The lowest BCUT2D eigenvalue weighted by atomic mass is 10.0. The lowest BCUT2D eigenvalue weighted by molar-refractivity contribution is -0.143. The number of hydrogen-bond acceptors (Lipinski definition) is 2. The van der Waals surface area contributed by atoms with Gasteiger partial charge in [-0.15, -0.1) is 12.4 Å². The number of carbonyl (C=O) groups is 1. The van der Waals surface area contributed by atoms with Crippen LogP contribution in [0.4, 0.5) is 26.3 Å². The minimum absolute atomic E-state index is 0. The van der Waals surface area contributed by atoms with Crippen LogP contribution in [0.25, 0.3) is 0 Å². The van der Waals surface area contributed by atoms with Gasteiger partial charge in [0.25, 0.3) is 0 Å². The Kier molecular flexibility index (Phi) is 6.36. The lowest BCUT2D eigenvalue weighted by Gasteiger charge is -2.17. The first-order valence-electron chi connectivity index (χ1n) is 8.31. The van der Waals surface area contributed by atoms with Gasteiger partial charge in [0.2, 0.25) is 5.91 Å². The van der Waals surface area contributed by atoms with Crippen molar-refractivity contribution in [2.75, 3.05) is 13.1 Å². The third-order valence-electron chi connectivity index (χ3n) is 5.22. The second-order valence-corrected chi connectivity index (χ2v) is 6.93. The highest BCUT2D eigenvalue weighted by molar-refractivity contribution is 5.85. The number of amides is 1. The lowest BCUT2D eigenvalue weighted by Crippen LogP contribution is -2.31. The van der Waals surface area contributed by atoms with Crippen molar-refractivity contribution in [2.45, 2.75) is 31.7 Å². The molecule has 0 bridgehead atoms. The largest absolute Gasteiger partial charge is 0.416 e. The number of alkyl halides is 6. The maximum atomic E-state index is 13.1. The van der Waals surface area contributed by atoms with E-state index in [-0.39, 0.29) is 35.9 Å². The topological polar surface area (TPSA) is 41.1 Å². The van der Waals surface area contributed by atoms with Crippen LogP contribution in [0.1, 0.15) is 29.5 Å². The maximum Gasteiger partial charge on any atom is 0.416 e. The third-order valence-corrected chi connectivity index (χ3v) is 5.22. The summed E-state index contributed by atoms with van der Waals surface area (Å²) in [4.78, 5) is 12.2. The summed E-state index contributed by atoms with van der Waals surface area (Å²) in [7, 11) is 0. The molecule has 1 unspecified atom stereocenters. The fourth-order valence-electron chi connectivity index (χ4n) is 3.88. The quantitative estimate of drug-likeness (QED) is 0.731. The van der Waals surface area contributed by atoms with Gasteiger partial charge in [0.15, 0.2) is 0 Å². The smallest absolute Gasteiger partial charge is 0.352 e. The summed E-state index contributed by atoms with van der Waals surface area (Å²) in [6.07, 6.45) is -8.43. The van der Waals surface area contributed by atoms with E-state index in [2.05, 4.69) is 10.6 Å². The van der Waals surface area contributed by atoms with E-state index >= 15 is 0 Å². The number of rotatable bonds is 3. The Balaban J connectivity index is 0.00000261. The van der Waals surface area contributed by atoms with E-state index in [1.54, 1.807) is 0 Å². The predicted octanol–water partition coefficient (Wildman–Crippen LogP) is 4.01. The zero-order valence-electron chi connectivity index (χ0n) is 14.1. The molecule has 1 amide bonds. The van der Waals surface area contributed by atoms with Crippen LogP contribution in [0, 0.1) is 17.8 Å². The van der Waals surface area contributed by atoms with Crippen molar-refractivity contribution in [3.05, 3.63) is 34.9 Å². The van der Waals surface area contributed by atoms with E-state index in [0.717, 1.165) is 19.2 Å². The Hall–Kier alpha value is -1.48. The first-order valence-corrected chi connectivity index (χ1v) is 8.31. The Morgan fingerprint density at radius 1 is 1.04 bits per heavy atom. The van der Waals surface area contributed by atoms with E-state index in [1.807, 2.05) is 0 Å². The summed E-state index contributed by atoms with van der Waals surface area (Å²) in [6.45, 7) is 1.23. The van der Waals surface area contributed by atoms with Gasteiger partial charge < -0.3 is 10.6 Å². The average Bonchev–Trinajstić information content (AvgIpc) is 3.12. The van der Waals surface area contributed by atoms with Crippen molar-refractivity contribution in [2.24, 2.45) is 17.8 Å². The van der Waals surface area contributed by atoms with Crippen molar-refractivity contribution in [3.8, 4) is 0 Å². The van der Waals surface area contributed by atoms with Crippen LogP contribution in [0.2, 0.25) is 0 Å². The molecule has 152 valence electrons. The second-order valence-electron chi connectivity index (χ2n) is 6.93. The van der Waals surface area contributed by atoms with Crippen LogP contribution in [-0.2, 0) is 23.7 Å². The van der Waals surface area contributed by atoms with E-state index in [0.29, 0.717) is 30.7 Å². The molecule has 2 aliphatic rings. The first kappa shape index (κ1) is 21.8. The van der Waals surface area contributed by atoms with Crippen LogP contribution in [0.3, 0.4) is 0 Å². The molecule has 1 aromatic rings. The van der Waals surface area contributed by atoms with Crippen molar-refractivity contribution in [1.29, 1.82) is 0 Å². The first-order chi connectivity index (χ1) is 12.1. The number of hydrogen-bond donors (Lipinski definition) is 2. The molecule has 2 N–H and O–H groups in total. The number of fused-ring (bicyclic) bond motifs is 1. The zero-order chi connectivity index (χ0) is 19.1. The summed E-state index contributed by atoms with van der Waals surface area (Å²) in [5.74, 6) is 0.216. The molecule has 1 aliphatic heterocycles. The molecule has 2 fully saturated rings. The average molecular weight is 417 g/mol. The van der Waals surface area contributed by atoms with Crippen molar-refractivity contribution in [1.82, 2.24) is 10.6 Å². The SMILES string of the molecule is Cl.O=C(NCc1ccc(C(F)(F)F)cc1C(F)(F)F)C1C[C@H]2CNC[C@H]2C1. The van der Waals surface area contributed by atoms with Crippen LogP contribution >= 0.6 is 12.4 Å². The summed E-state index contributed by atoms with van der Waals surface area (Å²) in [5.41, 5.74) is -3.12. The number of benzene rings is 1. The number of carbonyl (C=O) groups excluding carboxylic acids is 1. The van der Waals surface area contributed by atoms with Gasteiger partial charge in [-0.2, -0.15) is 26.3 Å². The molecule has 0 spiro atoms. The van der Waals surface area contributed by atoms with Crippen LogP contribution in [-0.4, -0.2) is 19.0 Å². The minimum atomic E-state index is -4.93. The predicted molar refractivity (Wildman–Crippen MR) is 88.1 cm³/mol. The Labute approximate surface area is 158 Å². The monoisotopic (exact) mass is 416 g/mol. The van der Waals surface area contributed by atoms with Gasteiger partial charge in [-0.3, -0.25) is 4.79 Å². The molecule has 0 radical (unpaired) electrons. The van der Waals surface area contributed by atoms with Gasteiger partial charge in [-0.1, -0.05) is 6.07 Å². The molecule has 1 aromatic carbocycles. The highest BCUT2D eigenvalue weighted by Gasteiger charge is 2.41. The molecule has 10 heteroatoms. The molecule has 1 heterocycles. The number of halogens is 7. The normalized spacial score (nSPS) is 25.0. The molecule has 3 atom stereocenters. The van der Waals surface area contributed by atoms with Gasteiger partial charge in [-0.25, -0.2) is 0 Å².